The predicted octanol–water partition coefficient (Wildman–Crippen LogP) is -0.928. The van der Waals surface area contributed by atoms with Gasteiger partial charge in [-0.15, -0.1) is 0 Å². The van der Waals surface area contributed by atoms with Crippen LogP contribution in [0.3, 0.4) is 0 Å². The molecule has 2 aliphatic rings. The predicted molar refractivity (Wildman–Crippen MR) is 66.4 cm³/mol. The Morgan fingerprint density at radius 3 is 2.95 bits per heavy atom. The Labute approximate surface area is 112 Å². The number of ether oxygens (including phenoxy) is 2. The molecule has 0 radical (unpaired) electrons. The summed E-state index contributed by atoms with van der Waals surface area (Å²) in [7, 11) is -3.98. The molecule has 0 aromatic heterocycles. The number of rotatable bonds is 4. The quantitative estimate of drug-likeness (QED) is 0.616. The van der Waals surface area contributed by atoms with Gasteiger partial charge in [-0.05, 0) is 19.8 Å². The van der Waals surface area contributed by atoms with Gasteiger partial charge in [-0.1, -0.05) is 0 Å². The smallest absolute Gasteiger partial charge is 0.421 e. The summed E-state index contributed by atoms with van der Waals surface area (Å²) < 4.78 is 37.5. The number of hydrogen-bond acceptors (Lipinski definition) is 6. The maximum absolute atomic E-state index is 11.7. The zero-order chi connectivity index (χ0) is 14.0. The molecule has 1 saturated carbocycles. The molecule has 2 rings (SSSR count). The van der Waals surface area contributed by atoms with Crippen LogP contribution in [-0.4, -0.2) is 45.9 Å². The zero-order valence-electron chi connectivity index (χ0n) is 10.7. The molecule has 0 spiro atoms. The van der Waals surface area contributed by atoms with E-state index in [9.17, 15) is 13.2 Å². The van der Waals surface area contributed by atoms with Crippen molar-refractivity contribution in [3.8, 4) is 0 Å². The third-order valence-corrected chi connectivity index (χ3v) is 4.48. The summed E-state index contributed by atoms with van der Waals surface area (Å²) in [6.07, 6.45) is 0.664. The second kappa shape index (κ2) is 5.61. The lowest BCUT2D eigenvalue weighted by Crippen LogP contribution is -2.72. The first-order valence-corrected chi connectivity index (χ1v) is 7.77. The lowest BCUT2D eigenvalue weighted by molar-refractivity contribution is -0.114. The Hall–Kier alpha value is -0.900. The van der Waals surface area contributed by atoms with Crippen LogP contribution in [0.15, 0.2) is 0 Å². The molecule has 9 heteroatoms. The van der Waals surface area contributed by atoms with E-state index in [-0.39, 0.29) is 24.7 Å². The number of carbonyl (C=O) groups excluding carboxylic acids is 1. The van der Waals surface area contributed by atoms with Gasteiger partial charge in [0.1, 0.15) is 0 Å². The Balaban J connectivity index is 1.91. The van der Waals surface area contributed by atoms with Gasteiger partial charge in [0, 0.05) is 18.6 Å². The van der Waals surface area contributed by atoms with Gasteiger partial charge in [0.15, 0.2) is 0 Å². The van der Waals surface area contributed by atoms with Crippen LogP contribution in [0.4, 0.5) is 4.79 Å². The molecular formula is C10H19N3O5S. The van der Waals surface area contributed by atoms with Crippen LogP contribution in [-0.2, 0) is 19.7 Å². The summed E-state index contributed by atoms with van der Waals surface area (Å²) in [5.41, 5.74) is 5.92. The number of carbonyl (C=O) groups is 1. The fourth-order valence-electron chi connectivity index (χ4n) is 2.57. The zero-order valence-corrected chi connectivity index (χ0v) is 11.5. The van der Waals surface area contributed by atoms with Crippen molar-refractivity contribution in [2.24, 2.45) is 11.7 Å². The van der Waals surface area contributed by atoms with Crippen LogP contribution >= 0.6 is 0 Å². The Morgan fingerprint density at radius 2 is 2.26 bits per heavy atom. The minimum Gasteiger partial charge on any atom is -0.449 e. The van der Waals surface area contributed by atoms with Gasteiger partial charge < -0.3 is 15.2 Å². The Kier molecular flexibility index (Phi) is 4.29. The minimum atomic E-state index is -3.98. The molecule has 4 atom stereocenters. The van der Waals surface area contributed by atoms with E-state index < -0.39 is 22.3 Å². The van der Waals surface area contributed by atoms with Crippen LogP contribution in [0.2, 0.25) is 0 Å². The summed E-state index contributed by atoms with van der Waals surface area (Å²) in [6.45, 7) is 2.29. The maximum atomic E-state index is 11.7. The molecule has 0 aromatic carbocycles. The average molecular weight is 293 g/mol. The highest BCUT2D eigenvalue weighted by Crippen LogP contribution is 2.37. The van der Waals surface area contributed by atoms with Crippen molar-refractivity contribution in [3.63, 3.8) is 0 Å². The number of nitrogens with one attached hydrogen (secondary N) is 2. The third-order valence-electron chi connectivity index (χ3n) is 3.46. The third kappa shape index (κ3) is 3.16. The first kappa shape index (κ1) is 14.5. The van der Waals surface area contributed by atoms with Gasteiger partial charge >= 0.3 is 16.3 Å². The van der Waals surface area contributed by atoms with Gasteiger partial charge in [0.05, 0.1) is 18.8 Å². The molecule has 8 nitrogen and oxygen atoms in total. The van der Waals surface area contributed by atoms with Crippen LogP contribution in [0.25, 0.3) is 0 Å². The van der Waals surface area contributed by atoms with Crippen LogP contribution in [0.5, 0.6) is 0 Å². The summed E-state index contributed by atoms with van der Waals surface area (Å²) >= 11 is 0. The van der Waals surface area contributed by atoms with Crippen molar-refractivity contribution < 1.29 is 22.7 Å². The Morgan fingerprint density at radius 1 is 1.53 bits per heavy atom. The monoisotopic (exact) mass is 293 g/mol. The van der Waals surface area contributed by atoms with Crippen molar-refractivity contribution in [1.29, 1.82) is 0 Å². The molecule has 1 aliphatic heterocycles. The molecule has 1 amide bonds. The van der Waals surface area contributed by atoms with Gasteiger partial charge in [-0.2, -0.15) is 13.1 Å². The summed E-state index contributed by atoms with van der Waals surface area (Å²) in [6, 6.07) is -0.790. The highest BCUT2D eigenvalue weighted by molar-refractivity contribution is 7.88. The molecule has 19 heavy (non-hydrogen) atoms. The van der Waals surface area contributed by atoms with E-state index in [0.717, 1.165) is 12.8 Å². The Bertz CT molecular complexity index is 440. The van der Waals surface area contributed by atoms with E-state index >= 15 is 0 Å². The van der Waals surface area contributed by atoms with E-state index in [1.54, 1.807) is 11.6 Å². The van der Waals surface area contributed by atoms with Gasteiger partial charge in [-0.25, -0.2) is 9.52 Å². The molecule has 110 valence electrons. The molecule has 1 aliphatic carbocycles. The van der Waals surface area contributed by atoms with E-state index in [0.29, 0.717) is 6.61 Å². The van der Waals surface area contributed by atoms with Crippen LogP contribution < -0.4 is 15.2 Å². The fourth-order valence-corrected chi connectivity index (χ4v) is 3.56. The van der Waals surface area contributed by atoms with E-state index in [1.165, 1.54) is 0 Å². The first-order chi connectivity index (χ1) is 8.94. The minimum absolute atomic E-state index is 0.0953. The molecular weight excluding hydrogens is 274 g/mol. The number of hydrogen-bond donors (Lipinski definition) is 3. The van der Waals surface area contributed by atoms with Crippen molar-refractivity contribution in [2.45, 2.75) is 38.0 Å². The molecule has 1 heterocycles. The standard InChI is InChI=1S/C10H19N3O5S/c1-2-17-10(14)13-19(15,16)12-8-7(11)6-4-3-5-18-9(6)8/h6-9,12H,2-5,11H2,1H3,(H,13,14). The molecule has 0 aromatic rings. The number of nitrogens with two attached hydrogens (primary N) is 1. The molecule has 4 N–H and O–H groups in total. The summed E-state index contributed by atoms with van der Waals surface area (Å²) in [5, 5.41) is 0. The van der Waals surface area contributed by atoms with Crippen LogP contribution in [0.1, 0.15) is 19.8 Å². The van der Waals surface area contributed by atoms with Crippen molar-refractivity contribution in [2.75, 3.05) is 13.2 Å². The van der Waals surface area contributed by atoms with E-state index in [1.807, 2.05) is 0 Å². The molecule has 4 unspecified atom stereocenters. The maximum Gasteiger partial charge on any atom is 0.421 e. The van der Waals surface area contributed by atoms with Crippen molar-refractivity contribution in [1.82, 2.24) is 9.44 Å². The lowest BCUT2D eigenvalue weighted by Gasteiger charge is -2.52. The largest absolute Gasteiger partial charge is 0.449 e. The summed E-state index contributed by atoms with van der Waals surface area (Å²) in [5.74, 6) is 0.184. The second-order valence-electron chi connectivity index (χ2n) is 4.69. The normalized spacial score (nSPS) is 34.0. The first-order valence-electron chi connectivity index (χ1n) is 6.28. The molecule has 0 bridgehead atoms. The van der Waals surface area contributed by atoms with Gasteiger partial charge in [0.2, 0.25) is 0 Å². The highest BCUT2D eigenvalue weighted by Gasteiger charge is 2.52. The fraction of sp³-hybridized carbons (Fsp3) is 0.900. The lowest BCUT2D eigenvalue weighted by atomic mass is 9.69. The van der Waals surface area contributed by atoms with Gasteiger partial charge in [-0.3, -0.25) is 0 Å². The number of fused-ring (bicyclic) bond motifs is 1. The average Bonchev–Trinajstić information content (AvgIpc) is 2.35. The van der Waals surface area contributed by atoms with Crippen molar-refractivity contribution in [3.05, 3.63) is 0 Å². The van der Waals surface area contributed by atoms with Gasteiger partial charge in [0.25, 0.3) is 0 Å². The van der Waals surface area contributed by atoms with Crippen LogP contribution in [0, 0.1) is 5.92 Å². The second-order valence-corrected chi connectivity index (χ2v) is 6.14. The highest BCUT2D eigenvalue weighted by atomic mass is 32.2. The molecule has 1 saturated heterocycles. The summed E-state index contributed by atoms with van der Waals surface area (Å²) in [4.78, 5) is 11.1. The molecule has 2 fully saturated rings. The van der Waals surface area contributed by atoms with E-state index in [4.69, 9.17) is 10.5 Å². The number of amides is 1. The topological polar surface area (TPSA) is 120 Å². The SMILES string of the molecule is CCOC(=O)NS(=O)(=O)NC1C(N)C2CCCOC21. The van der Waals surface area contributed by atoms with Crippen molar-refractivity contribution >= 4 is 16.3 Å². The van der Waals surface area contributed by atoms with E-state index in [2.05, 4.69) is 9.46 Å².